The monoisotopic (exact) mass is 428 g/mol. The van der Waals surface area contributed by atoms with Crippen molar-refractivity contribution in [3.8, 4) is 0 Å². The smallest absolute Gasteiger partial charge is 0.262 e. The van der Waals surface area contributed by atoms with E-state index in [1.54, 1.807) is 16.3 Å². The van der Waals surface area contributed by atoms with E-state index in [9.17, 15) is 4.79 Å². The first-order valence-corrected chi connectivity index (χ1v) is 10.2. The van der Waals surface area contributed by atoms with Crippen molar-refractivity contribution in [2.24, 2.45) is 0 Å². The molecule has 0 aliphatic heterocycles. The van der Waals surface area contributed by atoms with E-state index in [0.29, 0.717) is 17.7 Å². The summed E-state index contributed by atoms with van der Waals surface area (Å²) in [6.45, 7) is 2.68. The Labute approximate surface area is 163 Å². The number of thioether (sulfide) groups is 1. The number of nitrogens with zero attached hydrogens (tertiary/aromatic N) is 4. The van der Waals surface area contributed by atoms with Gasteiger partial charge in [-0.2, -0.15) is 0 Å². The number of halogens is 1. The lowest BCUT2D eigenvalue weighted by molar-refractivity contribution is 0.662. The first-order chi connectivity index (χ1) is 12.7. The van der Waals surface area contributed by atoms with Crippen molar-refractivity contribution in [3.05, 3.63) is 68.9 Å². The van der Waals surface area contributed by atoms with Gasteiger partial charge < -0.3 is 0 Å². The average Bonchev–Trinajstić information content (AvgIpc) is 3.07. The van der Waals surface area contributed by atoms with Gasteiger partial charge in [0.2, 0.25) is 5.78 Å². The Balaban J connectivity index is 1.85. The van der Waals surface area contributed by atoms with Crippen molar-refractivity contribution >= 4 is 44.4 Å². The maximum Gasteiger partial charge on any atom is 0.262 e. The number of rotatable bonds is 5. The molecule has 5 nitrogen and oxygen atoms in total. The predicted molar refractivity (Wildman–Crippen MR) is 109 cm³/mol. The van der Waals surface area contributed by atoms with Gasteiger partial charge in [-0.05, 0) is 36.2 Å². The number of aryl methyl sites for hydroxylation is 1. The van der Waals surface area contributed by atoms with Crippen LogP contribution >= 0.6 is 27.7 Å². The van der Waals surface area contributed by atoms with Crippen molar-refractivity contribution in [1.82, 2.24) is 19.2 Å². The van der Waals surface area contributed by atoms with Gasteiger partial charge in [0, 0.05) is 16.8 Å². The highest BCUT2D eigenvalue weighted by molar-refractivity contribution is 9.10. The zero-order valence-electron chi connectivity index (χ0n) is 14.2. The number of hydrogen-bond acceptors (Lipinski definition) is 4. The Morgan fingerprint density at radius 3 is 2.77 bits per heavy atom. The van der Waals surface area contributed by atoms with Crippen LogP contribution in [-0.2, 0) is 12.3 Å². The molecule has 0 unspecified atom stereocenters. The van der Waals surface area contributed by atoms with Crippen LogP contribution in [0.2, 0.25) is 0 Å². The second-order valence-electron chi connectivity index (χ2n) is 6.01. The predicted octanol–water partition coefficient (Wildman–Crippen LogP) is 4.51. The first kappa shape index (κ1) is 17.3. The molecule has 0 fully saturated rings. The van der Waals surface area contributed by atoms with Crippen molar-refractivity contribution in [1.29, 1.82) is 0 Å². The minimum atomic E-state index is -0.00844. The van der Waals surface area contributed by atoms with E-state index < -0.39 is 0 Å². The van der Waals surface area contributed by atoms with Crippen LogP contribution in [0.25, 0.3) is 16.7 Å². The molecule has 0 aliphatic carbocycles. The first-order valence-electron chi connectivity index (χ1n) is 8.43. The highest BCUT2D eigenvalue weighted by Crippen LogP contribution is 2.25. The maximum absolute atomic E-state index is 12.8. The van der Waals surface area contributed by atoms with Crippen LogP contribution in [0, 0.1) is 0 Å². The Kier molecular flexibility index (Phi) is 4.82. The molecule has 132 valence electrons. The number of para-hydroxylation sites is 1. The zero-order chi connectivity index (χ0) is 18.1. The third-order valence-electron chi connectivity index (χ3n) is 4.18. The topological polar surface area (TPSA) is 52.2 Å². The fraction of sp³-hybridized carbons (Fsp3) is 0.211. The summed E-state index contributed by atoms with van der Waals surface area (Å²) in [4.78, 5) is 12.8. The van der Waals surface area contributed by atoms with Gasteiger partial charge in [-0.25, -0.2) is 0 Å². The van der Waals surface area contributed by atoms with E-state index in [0.717, 1.165) is 27.3 Å². The van der Waals surface area contributed by atoms with Gasteiger partial charge in [0.15, 0.2) is 5.16 Å². The summed E-state index contributed by atoms with van der Waals surface area (Å²) >= 11 is 5.13. The van der Waals surface area contributed by atoms with Crippen molar-refractivity contribution in [2.75, 3.05) is 0 Å². The molecule has 0 saturated carbocycles. The molecule has 0 amide bonds. The highest BCUT2D eigenvalue weighted by Gasteiger charge is 2.16. The summed E-state index contributed by atoms with van der Waals surface area (Å²) in [6, 6.07) is 15.9. The van der Waals surface area contributed by atoms with Crippen molar-refractivity contribution in [3.63, 3.8) is 0 Å². The average molecular weight is 429 g/mol. The normalized spacial score (nSPS) is 11.5. The largest absolute Gasteiger partial charge is 0.276 e. The number of aromatic nitrogens is 4. The van der Waals surface area contributed by atoms with Crippen LogP contribution in [0.4, 0.5) is 0 Å². The van der Waals surface area contributed by atoms with E-state index >= 15 is 0 Å². The zero-order valence-corrected chi connectivity index (χ0v) is 16.6. The van der Waals surface area contributed by atoms with E-state index in [1.807, 2.05) is 40.8 Å². The fourth-order valence-electron chi connectivity index (χ4n) is 3.03. The Morgan fingerprint density at radius 1 is 1.12 bits per heavy atom. The van der Waals surface area contributed by atoms with Crippen LogP contribution in [0.3, 0.4) is 0 Å². The lowest BCUT2D eigenvalue weighted by Gasteiger charge is -2.10. The van der Waals surface area contributed by atoms with Crippen molar-refractivity contribution in [2.45, 2.75) is 30.8 Å². The van der Waals surface area contributed by atoms with Gasteiger partial charge in [-0.3, -0.25) is 13.8 Å². The number of hydrogen-bond donors (Lipinski definition) is 0. The van der Waals surface area contributed by atoms with E-state index in [4.69, 9.17) is 0 Å². The lowest BCUT2D eigenvalue weighted by atomic mass is 10.2. The highest BCUT2D eigenvalue weighted by atomic mass is 79.9. The Morgan fingerprint density at radius 2 is 1.96 bits per heavy atom. The molecule has 0 N–H and O–H groups in total. The van der Waals surface area contributed by atoms with Crippen LogP contribution in [-0.4, -0.2) is 19.2 Å². The Hall–Kier alpha value is -2.12. The molecule has 2 heterocycles. The van der Waals surface area contributed by atoms with E-state index in [-0.39, 0.29) is 5.56 Å². The summed E-state index contributed by atoms with van der Waals surface area (Å²) in [5, 5.41) is 10.2. The molecule has 0 spiro atoms. The number of fused-ring (bicyclic) bond motifs is 3. The molecule has 7 heteroatoms. The van der Waals surface area contributed by atoms with Gasteiger partial charge >= 0.3 is 0 Å². The van der Waals surface area contributed by atoms with Crippen LogP contribution in [0.1, 0.15) is 18.9 Å². The molecule has 0 atom stereocenters. The third kappa shape index (κ3) is 3.05. The Bertz CT molecular complexity index is 1150. The van der Waals surface area contributed by atoms with E-state index in [1.165, 1.54) is 5.56 Å². The van der Waals surface area contributed by atoms with Gasteiger partial charge in [0.05, 0.1) is 10.9 Å². The second-order valence-corrected chi connectivity index (χ2v) is 7.87. The summed E-state index contributed by atoms with van der Waals surface area (Å²) in [5.41, 5.74) is 2.04. The van der Waals surface area contributed by atoms with Gasteiger partial charge in [0.1, 0.15) is 0 Å². The van der Waals surface area contributed by atoms with Crippen LogP contribution in [0.15, 0.2) is 63.0 Å². The van der Waals surface area contributed by atoms with Crippen LogP contribution < -0.4 is 5.56 Å². The molecular weight excluding hydrogens is 412 g/mol. The summed E-state index contributed by atoms with van der Waals surface area (Å²) in [6.07, 6.45) is 0.862. The maximum atomic E-state index is 12.8. The molecule has 0 radical (unpaired) electrons. The molecule has 0 aliphatic rings. The van der Waals surface area contributed by atoms with Gasteiger partial charge in [0.25, 0.3) is 5.56 Å². The SMILES string of the molecule is CCCn1c(=O)c2ccccc2n2c(SCc3cccc(Br)c3)nnc12. The molecule has 0 saturated heterocycles. The minimum absolute atomic E-state index is 0.00844. The quantitative estimate of drug-likeness (QED) is 0.438. The standard InChI is InChI=1S/C19H17BrN4OS/c1-2-10-23-17(25)15-8-3-4-9-16(15)24-18(23)21-22-19(24)26-12-13-6-5-7-14(20)11-13/h3-9,11H,2,10,12H2,1H3. The molecule has 4 rings (SSSR count). The minimum Gasteiger partial charge on any atom is -0.276 e. The molecule has 2 aromatic heterocycles. The molecular formula is C19H17BrN4OS. The van der Waals surface area contributed by atoms with Gasteiger partial charge in [-0.15, -0.1) is 10.2 Å². The molecule has 0 bridgehead atoms. The third-order valence-corrected chi connectivity index (χ3v) is 5.68. The van der Waals surface area contributed by atoms with Crippen LogP contribution in [0.5, 0.6) is 0 Å². The summed E-state index contributed by atoms with van der Waals surface area (Å²) in [5.74, 6) is 1.38. The fourth-order valence-corrected chi connectivity index (χ4v) is 4.36. The number of benzene rings is 2. The summed E-state index contributed by atoms with van der Waals surface area (Å²) in [7, 11) is 0. The van der Waals surface area contributed by atoms with E-state index in [2.05, 4.69) is 45.2 Å². The second kappa shape index (κ2) is 7.25. The van der Waals surface area contributed by atoms with Gasteiger partial charge in [-0.1, -0.05) is 58.9 Å². The van der Waals surface area contributed by atoms with Crippen molar-refractivity contribution < 1.29 is 0 Å². The molecule has 2 aromatic carbocycles. The molecule has 26 heavy (non-hydrogen) atoms. The molecule has 4 aromatic rings. The lowest BCUT2D eigenvalue weighted by Crippen LogP contribution is -2.23. The summed E-state index contributed by atoms with van der Waals surface area (Å²) < 4.78 is 4.78.